The van der Waals surface area contributed by atoms with E-state index in [1.54, 1.807) is 43.3 Å². The molecule has 22 heavy (non-hydrogen) atoms. The number of carbonyl (C=O) groups excluding carboxylic acids is 2. The highest BCUT2D eigenvalue weighted by Crippen LogP contribution is 2.12. The second kappa shape index (κ2) is 7.66. The second-order valence-electron chi connectivity index (χ2n) is 4.77. The van der Waals surface area contributed by atoms with Crippen LogP contribution >= 0.6 is 11.6 Å². The summed E-state index contributed by atoms with van der Waals surface area (Å²) < 4.78 is 10.1. The van der Waals surface area contributed by atoms with Crippen LogP contribution in [0.25, 0.3) is 0 Å². The van der Waals surface area contributed by atoms with Crippen LogP contribution in [0.3, 0.4) is 0 Å². The molecule has 0 aliphatic carbocycles. The van der Waals surface area contributed by atoms with Crippen LogP contribution in [0.5, 0.6) is 0 Å². The molecule has 0 radical (unpaired) electrons. The van der Waals surface area contributed by atoms with Crippen LogP contribution in [0.4, 0.5) is 0 Å². The van der Waals surface area contributed by atoms with Gasteiger partial charge in [0, 0.05) is 5.02 Å². The SMILES string of the molecule is C[C@H](NC(=O)COC(=O)Cc1ccc(Cl)cc1)c1ccco1. The quantitative estimate of drug-likeness (QED) is 0.831. The van der Waals surface area contributed by atoms with Crippen LogP contribution in [0.1, 0.15) is 24.3 Å². The van der Waals surface area contributed by atoms with Crippen LogP contribution in [0.15, 0.2) is 47.1 Å². The minimum atomic E-state index is -0.469. The molecule has 2 aromatic rings. The van der Waals surface area contributed by atoms with Crippen molar-refractivity contribution in [2.45, 2.75) is 19.4 Å². The number of carbonyl (C=O) groups is 2. The standard InChI is InChI=1S/C16H16ClNO4/c1-11(14-3-2-8-21-14)18-15(19)10-22-16(20)9-12-4-6-13(17)7-5-12/h2-8,11H,9-10H2,1H3,(H,18,19)/t11-/m0/s1. The van der Waals surface area contributed by atoms with E-state index in [9.17, 15) is 9.59 Å². The van der Waals surface area contributed by atoms with Crippen molar-refractivity contribution >= 4 is 23.5 Å². The van der Waals surface area contributed by atoms with Crippen molar-refractivity contribution in [2.24, 2.45) is 0 Å². The van der Waals surface area contributed by atoms with Gasteiger partial charge in [0.1, 0.15) is 5.76 Å². The highest BCUT2D eigenvalue weighted by Gasteiger charge is 2.13. The lowest BCUT2D eigenvalue weighted by atomic mass is 10.1. The molecule has 0 saturated heterocycles. The topological polar surface area (TPSA) is 68.5 Å². The van der Waals surface area contributed by atoms with Gasteiger partial charge in [-0.1, -0.05) is 23.7 Å². The average Bonchev–Trinajstić information content (AvgIpc) is 3.02. The van der Waals surface area contributed by atoms with Gasteiger partial charge in [0.2, 0.25) is 0 Å². The van der Waals surface area contributed by atoms with Gasteiger partial charge in [-0.3, -0.25) is 9.59 Å². The van der Waals surface area contributed by atoms with Gasteiger partial charge in [-0.2, -0.15) is 0 Å². The maximum absolute atomic E-state index is 11.7. The first kappa shape index (κ1) is 16.1. The number of rotatable bonds is 6. The summed E-state index contributed by atoms with van der Waals surface area (Å²) in [7, 11) is 0. The molecule has 5 nitrogen and oxygen atoms in total. The van der Waals surface area contributed by atoms with Crippen molar-refractivity contribution in [2.75, 3.05) is 6.61 Å². The van der Waals surface area contributed by atoms with Gasteiger partial charge in [-0.05, 0) is 36.8 Å². The van der Waals surface area contributed by atoms with E-state index in [1.807, 2.05) is 0 Å². The average molecular weight is 322 g/mol. The van der Waals surface area contributed by atoms with E-state index in [-0.39, 0.29) is 25.0 Å². The lowest BCUT2D eigenvalue weighted by Crippen LogP contribution is -2.31. The molecule has 116 valence electrons. The third-order valence-corrected chi connectivity index (χ3v) is 3.23. The van der Waals surface area contributed by atoms with Crippen molar-refractivity contribution in [3.63, 3.8) is 0 Å². The largest absolute Gasteiger partial charge is 0.467 e. The summed E-state index contributed by atoms with van der Waals surface area (Å²) in [5, 5.41) is 3.28. The van der Waals surface area contributed by atoms with Crippen LogP contribution in [-0.4, -0.2) is 18.5 Å². The Morgan fingerprint density at radius 1 is 1.27 bits per heavy atom. The van der Waals surface area contributed by atoms with Crippen molar-refractivity contribution < 1.29 is 18.7 Å². The van der Waals surface area contributed by atoms with E-state index in [4.69, 9.17) is 20.8 Å². The zero-order chi connectivity index (χ0) is 15.9. The Morgan fingerprint density at radius 2 is 2.00 bits per heavy atom. The molecule has 1 atom stereocenters. The van der Waals surface area contributed by atoms with Crippen LogP contribution < -0.4 is 5.32 Å². The third kappa shape index (κ3) is 4.93. The van der Waals surface area contributed by atoms with Gasteiger partial charge < -0.3 is 14.5 Å². The van der Waals surface area contributed by atoms with Gasteiger partial charge in [0.05, 0.1) is 18.7 Å². The van der Waals surface area contributed by atoms with E-state index in [0.717, 1.165) is 5.56 Å². The smallest absolute Gasteiger partial charge is 0.310 e. The fourth-order valence-corrected chi connectivity index (χ4v) is 1.98. The summed E-state index contributed by atoms with van der Waals surface area (Å²) >= 11 is 5.76. The molecule has 2 rings (SSSR count). The lowest BCUT2D eigenvalue weighted by Gasteiger charge is -2.11. The van der Waals surface area contributed by atoms with Crippen LogP contribution in [-0.2, 0) is 20.7 Å². The van der Waals surface area contributed by atoms with Gasteiger partial charge in [0.15, 0.2) is 6.61 Å². The monoisotopic (exact) mass is 321 g/mol. The zero-order valence-corrected chi connectivity index (χ0v) is 12.8. The van der Waals surface area contributed by atoms with E-state index in [0.29, 0.717) is 10.8 Å². The first-order valence-electron chi connectivity index (χ1n) is 6.77. The Kier molecular flexibility index (Phi) is 5.61. The molecule has 0 spiro atoms. The summed E-state index contributed by atoms with van der Waals surface area (Å²) in [6.45, 7) is 1.46. The molecule has 0 unspecified atom stereocenters. The summed E-state index contributed by atoms with van der Waals surface area (Å²) in [5.41, 5.74) is 0.777. The van der Waals surface area contributed by atoms with E-state index in [2.05, 4.69) is 5.32 Å². The molecular weight excluding hydrogens is 306 g/mol. The number of esters is 1. The van der Waals surface area contributed by atoms with Crippen molar-refractivity contribution in [3.05, 3.63) is 59.0 Å². The number of ether oxygens (including phenoxy) is 1. The Hall–Kier alpha value is -2.27. The molecule has 0 aliphatic rings. The number of hydrogen-bond donors (Lipinski definition) is 1. The minimum absolute atomic E-state index is 0.0954. The maximum atomic E-state index is 11.7. The molecule has 1 aromatic carbocycles. The zero-order valence-electron chi connectivity index (χ0n) is 12.0. The molecule has 0 saturated carbocycles. The van der Waals surface area contributed by atoms with Crippen molar-refractivity contribution in [1.82, 2.24) is 5.32 Å². The molecule has 0 bridgehead atoms. The second-order valence-corrected chi connectivity index (χ2v) is 5.20. The number of benzene rings is 1. The number of furan rings is 1. The Morgan fingerprint density at radius 3 is 2.64 bits per heavy atom. The van der Waals surface area contributed by atoms with Crippen LogP contribution in [0, 0.1) is 0 Å². The normalized spacial score (nSPS) is 11.7. The van der Waals surface area contributed by atoms with E-state index >= 15 is 0 Å². The number of hydrogen-bond acceptors (Lipinski definition) is 4. The number of halogens is 1. The summed E-state index contributed by atoms with van der Waals surface area (Å²) in [6, 6.07) is 10.1. The van der Waals surface area contributed by atoms with Gasteiger partial charge in [-0.15, -0.1) is 0 Å². The first-order valence-corrected chi connectivity index (χ1v) is 7.15. The predicted molar refractivity (Wildman–Crippen MR) is 81.4 cm³/mol. The predicted octanol–water partition coefficient (Wildman–Crippen LogP) is 2.90. The summed E-state index contributed by atoms with van der Waals surface area (Å²) in [6.07, 6.45) is 1.63. The molecular formula is C16H16ClNO4. The highest BCUT2D eigenvalue weighted by atomic mass is 35.5. The van der Waals surface area contributed by atoms with E-state index in [1.165, 1.54) is 6.26 Å². The van der Waals surface area contributed by atoms with Crippen molar-refractivity contribution in [3.8, 4) is 0 Å². The molecule has 1 heterocycles. The lowest BCUT2D eigenvalue weighted by molar-refractivity contribution is -0.148. The van der Waals surface area contributed by atoms with Gasteiger partial charge in [0.25, 0.3) is 5.91 Å². The van der Waals surface area contributed by atoms with Crippen LogP contribution in [0.2, 0.25) is 5.02 Å². The fraction of sp³-hybridized carbons (Fsp3) is 0.250. The van der Waals surface area contributed by atoms with E-state index < -0.39 is 5.97 Å². The number of nitrogens with one attached hydrogen (secondary N) is 1. The molecule has 1 amide bonds. The summed E-state index contributed by atoms with van der Waals surface area (Å²) in [4.78, 5) is 23.4. The Bertz CT molecular complexity index is 622. The molecule has 0 fully saturated rings. The Labute approximate surface area is 133 Å². The summed E-state index contributed by atoms with van der Waals surface area (Å²) in [5.74, 6) is -0.211. The fourth-order valence-electron chi connectivity index (χ4n) is 1.86. The number of amides is 1. The molecule has 1 N–H and O–H groups in total. The third-order valence-electron chi connectivity index (χ3n) is 2.97. The molecule has 6 heteroatoms. The maximum Gasteiger partial charge on any atom is 0.310 e. The molecule has 1 aromatic heterocycles. The Balaban J connectivity index is 1.73. The first-order chi connectivity index (χ1) is 10.5. The van der Waals surface area contributed by atoms with Gasteiger partial charge in [-0.25, -0.2) is 0 Å². The highest BCUT2D eigenvalue weighted by molar-refractivity contribution is 6.30. The minimum Gasteiger partial charge on any atom is -0.467 e. The molecule has 0 aliphatic heterocycles. The van der Waals surface area contributed by atoms with Crippen molar-refractivity contribution in [1.29, 1.82) is 0 Å². The van der Waals surface area contributed by atoms with Gasteiger partial charge >= 0.3 is 5.97 Å².